The van der Waals surface area contributed by atoms with Gasteiger partial charge < -0.3 is 4.74 Å². The monoisotopic (exact) mass is 241 g/mol. The van der Waals surface area contributed by atoms with Crippen LogP contribution in [0.4, 0.5) is 5.69 Å². The van der Waals surface area contributed by atoms with Crippen LogP contribution in [0.15, 0.2) is 18.2 Å². The first-order valence-electron chi connectivity index (χ1n) is 5.19. The molecule has 1 fully saturated rings. The first-order valence-corrected chi connectivity index (χ1v) is 7.08. The van der Waals surface area contributed by atoms with E-state index in [4.69, 9.17) is 4.74 Å². The van der Waals surface area contributed by atoms with Crippen LogP contribution in [0.1, 0.15) is 18.4 Å². The largest absolute Gasteiger partial charge is 0.488 e. The number of sulfonamides is 1. The zero-order chi connectivity index (χ0) is 11.8. The molecule has 16 heavy (non-hydrogen) atoms. The number of ether oxygens (including phenoxy) is 1. The van der Waals surface area contributed by atoms with Crippen molar-refractivity contribution in [1.82, 2.24) is 0 Å². The van der Waals surface area contributed by atoms with E-state index in [9.17, 15) is 8.42 Å². The Morgan fingerprint density at radius 1 is 1.38 bits per heavy atom. The zero-order valence-corrected chi connectivity index (χ0v) is 10.2. The van der Waals surface area contributed by atoms with Crippen molar-refractivity contribution in [2.45, 2.75) is 25.9 Å². The Balaban J connectivity index is 2.27. The maximum absolute atomic E-state index is 11.2. The number of hydrogen-bond acceptors (Lipinski definition) is 3. The summed E-state index contributed by atoms with van der Waals surface area (Å²) in [5.41, 5.74) is 1.56. The van der Waals surface area contributed by atoms with Crippen molar-refractivity contribution in [1.29, 1.82) is 0 Å². The van der Waals surface area contributed by atoms with E-state index in [0.717, 1.165) is 24.7 Å². The van der Waals surface area contributed by atoms with Crippen LogP contribution >= 0.6 is 0 Å². The second-order valence-electron chi connectivity index (χ2n) is 4.19. The van der Waals surface area contributed by atoms with Crippen molar-refractivity contribution in [3.05, 3.63) is 23.8 Å². The third-order valence-electron chi connectivity index (χ3n) is 2.25. The number of benzene rings is 1. The summed E-state index contributed by atoms with van der Waals surface area (Å²) in [5.74, 6) is 0.618. The molecule has 0 radical (unpaired) electrons. The van der Waals surface area contributed by atoms with Crippen molar-refractivity contribution >= 4 is 15.7 Å². The van der Waals surface area contributed by atoms with Crippen LogP contribution in [0.25, 0.3) is 0 Å². The summed E-state index contributed by atoms with van der Waals surface area (Å²) in [6.07, 6.45) is 3.48. The fraction of sp³-hybridized carbons (Fsp3) is 0.455. The molecule has 0 saturated heterocycles. The quantitative estimate of drug-likeness (QED) is 0.876. The molecule has 4 nitrogen and oxygen atoms in total. The van der Waals surface area contributed by atoms with Gasteiger partial charge in [-0.3, -0.25) is 4.72 Å². The molecule has 1 aromatic rings. The van der Waals surface area contributed by atoms with Crippen LogP contribution in [-0.2, 0) is 10.0 Å². The maximum Gasteiger partial charge on any atom is 0.229 e. The van der Waals surface area contributed by atoms with E-state index in [0.29, 0.717) is 11.4 Å². The van der Waals surface area contributed by atoms with Gasteiger partial charge in [0.15, 0.2) is 0 Å². The van der Waals surface area contributed by atoms with Gasteiger partial charge in [0.2, 0.25) is 10.0 Å². The Hall–Kier alpha value is -1.23. The molecule has 1 aliphatic rings. The summed E-state index contributed by atoms with van der Waals surface area (Å²) in [6.45, 7) is 1.95. The van der Waals surface area contributed by atoms with Gasteiger partial charge in [0.1, 0.15) is 5.75 Å². The topological polar surface area (TPSA) is 55.4 Å². The number of hydrogen-bond donors (Lipinski definition) is 1. The Kier molecular flexibility index (Phi) is 2.80. The van der Waals surface area contributed by atoms with Gasteiger partial charge >= 0.3 is 0 Å². The molecule has 0 unspecified atom stereocenters. The molecule has 5 heteroatoms. The maximum atomic E-state index is 11.2. The minimum atomic E-state index is -3.26. The van der Waals surface area contributed by atoms with Crippen molar-refractivity contribution in [3.63, 3.8) is 0 Å². The predicted molar refractivity (Wildman–Crippen MR) is 63.3 cm³/mol. The number of aryl methyl sites for hydroxylation is 1. The molecule has 0 amide bonds. The second-order valence-corrected chi connectivity index (χ2v) is 5.94. The highest BCUT2D eigenvalue weighted by atomic mass is 32.2. The van der Waals surface area contributed by atoms with Gasteiger partial charge in [-0.25, -0.2) is 8.42 Å². The first-order chi connectivity index (χ1) is 7.44. The van der Waals surface area contributed by atoms with Gasteiger partial charge in [-0.05, 0) is 37.5 Å². The smallest absolute Gasteiger partial charge is 0.229 e. The molecular formula is C11H15NO3S. The van der Waals surface area contributed by atoms with Gasteiger partial charge in [0, 0.05) is 0 Å². The van der Waals surface area contributed by atoms with E-state index in [1.54, 1.807) is 6.07 Å². The number of nitrogens with one attached hydrogen (secondary N) is 1. The van der Waals surface area contributed by atoms with Crippen LogP contribution < -0.4 is 9.46 Å². The van der Waals surface area contributed by atoms with Crippen molar-refractivity contribution in [2.75, 3.05) is 11.0 Å². The average Bonchev–Trinajstić information content (AvgIpc) is 2.91. The molecule has 1 saturated carbocycles. The fourth-order valence-electron chi connectivity index (χ4n) is 1.38. The van der Waals surface area contributed by atoms with Crippen LogP contribution in [0, 0.1) is 6.92 Å². The number of anilines is 1. The molecule has 0 aliphatic heterocycles. The van der Waals surface area contributed by atoms with Gasteiger partial charge in [-0.1, -0.05) is 6.07 Å². The zero-order valence-electron chi connectivity index (χ0n) is 9.36. The molecule has 0 aromatic heterocycles. The van der Waals surface area contributed by atoms with E-state index in [1.165, 1.54) is 0 Å². The first kappa shape index (κ1) is 11.3. The fourth-order valence-corrected chi connectivity index (χ4v) is 1.94. The summed E-state index contributed by atoms with van der Waals surface area (Å²) in [6, 6.07) is 5.44. The molecule has 2 rings (SSSR count). The van der Waals surface area contributed by atoms with Crippen molar-refractivity contribution in [2.24, 2.45) is 0 Å². The summed E-state index contributed by atoms with van der Waals surface area (Å²) >= 11 is 0. The summed E-state index contributed by atoms with van der Waals surface area (Å²) in [4.78, 5) is 0. The molecular weight excluding hydrogens is 226 g/mol. The van der Waals surface area contributed by atoms with Gasteiger partial charge in [-0.2, -0.15) is 0 Å². The lowest BCUT2D eigenvalue weighted by Crippen LogP contribution is -2.11. The lowest BCUT2D eigenvalue weighted by molar-refractivity contribution is 0.304. The summed E-state index contributed by atoms with van der Waals surface area (Å²) in [7, 11) is -3.26. The third-order valence-corrected chi connectivity index (χ3v) is 2.84. The van der Waals surface area contributed by atoms with E-state index in [-0.39, 0.29) is 6.10 Å². The normalized spacial score (nSPS) is 15.9. The molecule has 1 aromatic carbocycles. The summed E-state index contributed by atoms with van der Waals surface area (Å²) in [5, 5.41) is 0. The van der Waals surface area contributed by atoms with Crippen molar-refractivity contribution in [3.8, 4) is 5.75 Å². The lowest BCUT2D eigenvalue weighted by Gasteiger charge is -2.12. The molecule has 0 bridgehead atoms. The lowest BCUT2D eigenvalue weighted by atomic mass is 10.2. The Labute approximate surface area is 95.7 Å². The van der Waals surface area contributed by atoms with Crippen molar-refractivity contribution < 1.29 is 13.2 Å². The van der Waals surface area contributed by atoms with Crippen LogP contribution in [-0.4, -0.2) is 20.8 Å². The minimum absolute atomic E-state index is 0.252. The minimum Gasteiger partial charge on any atom is -0.488 e. The van der Waals surface area contributed by atoms with Gasteiger partial charge in [0.05, 0.1) is 18.0 Å². The average molecular weight is 241 g/mol. The Morgan fingerprint density at radius 3 is 2.62 bits per heavy atom. The van der Waals surface area contributed by atoms with E-state index < -0.39 is 10.0 Å². The molecule has 0 spiro atoms. The number of rotatable bonds is 4. The SMILES string of the molecule is Cc1ccc(NS(C)(=O)=O)c(OC2CC2)c1. The summed E-state index contributed by atoms with van der Waals surface area (Å²) < 4.78 is 30.5. The molecule has 0 heterocycles. The highest BCUT2D eigenvalue weighted by Crippen LogP contribution is 2.33. The van der Waals surface area contributed by atoms with Crippen LogP contribution in [0.3, 0.4) is 0 Å². The van der Waals surface area contributed by atoms with E-state index in [2.05, 4.69) is 4.72 Å². The van der Waals surface area contributed by atoms with E-state index in [1.807, 2.05) is 19.1 Å². The Bertz CT molecular complexity index is 492. The standard InChI is InChI=1S/C11H15NO3S/c1-8-3-6-10(12-16(2,13)14)11(7-8)15-9-4-5-9/h3,6-7,9,12H,4-5H2,1-2H3. The molecule has 0 atom stereocenters. The predicted octanol–water partition coefficient (Wildman–Crippen LogP) is 1.91. The van der Waals surface area contributed by atoms with Gasteiger partial charge in [0.25, 0.3) is 0 Å². The highest BCUT2D eigenvalue weighted by molar-refractivity contribution is 7.92. The second kappa shape index (κ2) is 3.97. The molecule has 1 N–H and O–H groups in total. The Morgan fingerprint density at radius 2 is 2.06 bits per heavy atom. The third kappa shape index (κ3) is 3.13. The van der Waals surface area contributed by atoms with Gasteiger partial charge in [-0.15, -0.1) is 0 Å². The van der Waals surface area contributed by atoms with Crippen LogP contribution in [0.5, 0.6) is 5.75 Å². The van der Waals surface area contributed by atoms with E-state index >= 15 is 0 Å². The highest BCUT2D eigenvalue weighted by Gasteiger charge is 2.25. The molecule has 88 valence electrons. The molecule has 1 aliphatic carbocycles. The van der Waals surface area contributed by atoms with Crippen LogP contribution in [0.2, 0.25) is 0 Å².